The van der Waals surface area contributed by atoms with E-state index in [9.17, 15) is 4.79 Å². The van der Waals surface area contributed by atoms with Gasteiger partial charge in [0, 0.05) is 19.0 Å². The first-order valence-electron chi connectivity index (χ1n) is 6.21. The number of hydrogen-bond donors (Lipinski definition) is 1. The Hall–Kier alpha value is -1.36. The number of rotatable bonds is 2. The average molecular weight is 235 g/mol. The molecule has 92 valence electrons. The molecule has 0 saturated heterocycles. The van der Waals surface area contributed by atoms with Gasteiger partial charge in [-0.25, -0.2) is 4.98 Å². The van der Waals surface area contributed by atoms with Crippen molar-refractivity contribution in [2.45, 2.75) is 37.8 Å². The van der Waals surface area contributed by atoms with E-state index in [1.54, 1.807) is 7.05 Å². The lowest BCUT2D eigenvalue weighted by molar-refractivity contribution is -0.137. The van der Waals surface area contributed by atoms with E-state index in [4.69, 9.17) is 4.42 Å². The van der Waals surface area contributed by atoms with Crippen LogP contribution in [0.4, 0.5) is 0 Å². The second-order valence-corrected chi connectivity index (χ2v) is 4.75. The van der Waals surface area contributed by atoms with Crippen molar-refractivity contribution in [3.63, 3.8) is 0 Å². The molecular weight excluding hydrogens is 218 g/mol. The first-order chi connectivity index (χ1) is 8.31. The van der Waals surface area contributed by atoms with Crippen LogP contribution >= 0.6 is 0 Å². The molecular formula is C12H17N3O2. The Balaban J connectivity index is 1.90. The molecule has 1 saturated carbocycles. The monoisotopic (exact) mass is 235 g/mol. The highest BCUT2D eigenvalue weighted by molar-refractivity contribution is 5.83. The minimum atomic E-state index is -0.365. The van der Waals surface area contributed by atoms with Gasteiger partial charge < -0.3 is 14.6 Å². The quantitative estimate of drug-likeness (QED) is 0.826. The molecule has 1 aromatic rings. The zero-order chi connectivity index (χ0) is 11.8. The summed E-state index contributed by atoms with van der Waals surface area (Å²) in [6.45, 7) is 0.765. The van der Waals surface area contributed by atoms with E-state index < -0.39 is 0 Å². The Morgan fingerprint density at radius 1 is 1.53 bits per heavy atom. The van der Waals surface area contributed by atoms with Crippen LogP contribution in [0.2, 0.25) is 0 Å². The van der Waals surface area contributed by atoms with Crippen LogP contribution < -0.4 is 5.32 Å². The number of amides is 1. The molecule has 0 aromatic carbocycles. The second-order valence-electron chi connectivity index (χ2n) is 4.75. The molecule has 1 aliphatic heterocycles. The van der Waals surface area contributed by atoms with Gasteiger partial charge in [0.05, 0.1) is 5.69 Å². The Kier molecular flexibility index (Phi) is 2.63. The fraction of sp³-hybridized carbons (Fsp3) is 0.667. The molecule has 17 heavy (non-hydrogen) atoms. The maximum Gasteiger partial charge on any atom is 0.247 e. The largest absolute Gasteiger partial charge is 0.446 e. The van der Waals surface area contributed by atoms with Crippen LogP contribution in [0, 0.1) is 0 Å². The summed E-state index contributed by atoms with van der Waals surface area (Å²) in [5.41, 5.74) is 0.916. The molecule has 1 atom stereocenters. The van der Waals surface area contributed by atoms with Crippen LogP contribution in [-0.4, -0.2) is 35.4 Å². The van der Waals surface area contributed by atoms with E-state index in [0.717, 1.165) is 31.5 Å². The van der Waals surface area contributed by atoms with E-state index in [1.807, 2.05) is 4.90 Å². The minimum Gasteiger partial charge on any atom is -0.446 e. The van der Waals surface area contributed by atoms with Gasteiger partial charge in [-0.15, -0.1) is 0 Å². The van der Waals surface area contributed by atoms with Gasteiger partial charge in [0.25, 0.3) is 0 Å². The number of carbonyl (C=O) groups is 1. The standard InChI is InChI=1S/C12H17N3O2/c1-13-10-11-9(14-7-17-11)5-6-15(12(10)16)8-3-2-4-8/h7-8,10,13H,2-6H2,1H3. The highest BCUT2D eigenvalue weighted by atomic mass is 16.3. The van der Waals surface area contributed by atoms with Crippen LogP contribution in [0.1, 0.15) is 36.8 Å². The van der Waals surface area contributed by atoms with E-state index in [1.165, 1.54) is 12.8 Å². The zero-order valence-corrected chi connectivity index (χ0v) is 9.98. The molecule has 1 N–H and O–H groups in total. The summed E-state index contributed by atoms with van der Waals surface area (Å²) in [6.07, 6.45) is 5.74. The number of nitrogens with zero attached hydrogens (tertiary/aromatic N) is 2. The Morgan fingerprint density at radius 3 is 3.00 bits per heavy atom. The van der Waals surface area contributed by atoms with Crippen molar-refractivity contribution >= 4 is 5.91 Å². The molecule has 1 amide bonds. The predicted molar refractivity (Wildman–Crippen MR) is 61.4 cm³/mol. The third-order valence-electron chi connectivity index (χ3n) is 3.86. The van der Waals surface area contributed by atoms with Gasteiger partial charge in [-0.3, -0.25) is 4.79 Å². The van der Waals surface area contributed by atoms with Crippen molar-refractivity contribution in [2.75, 3.05) is 13.6 Å². The Morgan fingerprint density at radius 2 is 2.35 bits per heavy atom. The maximum atomic E-state index is 12.4. The molecule has 5 nitrogen and oxygen atoms in total. The third-order valence-corrected chi connectivity index (χ3v) is 3.86. The summed E-state index contributed by atoms with van der Waals surface area (Å²) in [7, 11) is 1.79. The van der Waals surface area contributed by atoms with Crippen molar-refractivity contribution in [2.24, 2.45) is 0 Å². The molecule has 3 rings (SSSR count). The molecule has 1 aliphatic carbocycles. The molecule has 1 unspecified atom stereocenters. The molecule has 2 aliphatic rings. The second kappa shape index (κ2) is 4.14. The van der Waals surface area contributed by atoms with E-state index in [-0.39, 0.29) is 11.9 Å². The van der Waals surface area contributed by atoms with Crippen LogP contribution in [0.3, 0.4) is 0 Å². The number of carbonyl (C=O) groups excluding carboxylic acids is 1. The number of fused-ring (bicyclic) bond motifs is 1. The Labute approximate surface area is 100 Å². The first-order valence-corrected chi connectivity index (χ1v) is 6.21. The highest BCUT2D eigenvalue weighted by Gasteiger charge is 2.37. The number of likely N-dealkylation sites (N-methyl/N-ethyl adjacent to an activating group) is 1. The Bertz CT molecular complexity index is 425. The van der Waals surface area contributed by atoms with Crippen molar-refractivity contribution in [3.05, 3.63) is 17.8 Å². The van der Waals surface area contributed by atoms with Gasteiger partial charge in [-0.2, -0.15) is 0 Å². The summed E-state index contributed by atoms with van der Waals surface area (Å²) in [5.74, 6) is 0.826. The van der Waals surface area contributed by atoms with Crippen LogP contribution in [0.15, 0.2) is 10.8 Å². The van der Waals surface area contributed by atoms with Crippen LogP contribution in [0.5, 0.6) is 0 Å². The number of nitrogens with one attached hydrogen (secondary N) is 1. The van der Waals surface area contributed by atoms with Crippen molar-refractivity contribution in [3.8, 4) is 0 Å². The maximum absolute atomic E-state index is 12.4. The van der Waals surface area contributed by atoms with E-state index in [0.29, 0.717) is 11.8 Å². The molecule has 1 aromatic heterocycles. The smallest absolute Gasteiger partial charge is 0.247 e. The van der Waals surface area contributed by atoms with Crippen molar-refractivity contribution in [1.82, 2.24) is 15.2 Å². The van der Waals surface area contributed by atoms with Gasteiger partial charge in [-0.1, -0.05) is 0 Å². The fourth-order valence-electron chi connectivity index (χ4n) is 2.63. The first kappa shape index (κ1) is 10.8. The van der Waals surface area contributed by atoms with Gasteiger partial charge in [-0.05, 0) is 26.3 Å². The number of oxazole rings is 1. The van der Waals surface area contributed by atoms with Crippen molar-refractivity contribution < 1.29 is 9.21 Å². The topological polar surface area (TPSA) is 58.4 Å². The fourth-order valence-corrected chi connectivity index (χ4v) is 2.63. The number of aromatic nitrogens is 1. The lowest BCUT2D eigenvalue weighted by Crippen LogP contribution is -2.48. The molecule has 2 heterocycles. The van der Waals surface area contributed by atoms with Crippen LogP contribution in [-0.2, 0) is 11.2 Å². The third kappa shape index (κ3) is 1.65. The lowest BCUT2D eigenvalue weighted by Gasteiger charge is -2.38. The summed E-state index contributed by atoms with van der Waals surface area (Å²) in [6, 6.07) is 0.0676. The molecule has 5 heteroatoms. The predicted octanol–water partition coefficient (Wildman–Crippen LogP) is 0.872. The van der Waals surface area contributed by atoms with Gasteiger partial charge in [0.2, 0.25) is 5.91 Å². The normalized spacial score (nSPS) is 25.4. The van der Waals surface area contributed by atoms with Gasteiger partial charge in [0.1, 0.15) is 6.04 Å². The summed E-state index contributed by atoms with van der Waals surface area (Å²) < 4.78 is 5.37. The molecule has 0 spiro atoms. The zero-order valence-electron chi connectivity index (χ0n) is 9.98. The number of hydrogen-bond acceptors (Lipinski definition) is 4. The molecule has 1 fully saturated rings. The van der Waals surface area contributed by atoms with Gasteiger partial charge in [0.15, 0.2) is 12.2 Å². The summed E-state index contributed by atoms with van der Waals surface area (Å²) >= 11 is 0. The van der Waals surface area contributed by atoms with E-state index >= 15 is 0 Å². The van der Waals surface area contributed by atoms with Gasteiger partial charge >= 0.3 is 0 Å². The highest BCUT2D eigenvalue weighted by Crippen LogP contribution is 2.31. The van der Waals surface area contributed by atoms with Crippen LogP contribution in [0.25, 0.3) is 0 Å². The van der Waals surface area contributed by atoms with E-state index in [2.05, 4.69) is 10.3 Å². The lowest BCUT2D eigenvalue weighted by atomic mass is 9.91. The average Bonchev–Trinajstić information content (AvgIpc) is 2.66. The summed E-state index contributed by atoms with van der Waals surface area (Å²) in [4.78, 5) is 18.7. The SMILES string of the molecule is CNC1C(=O)N(C2CCC2)CCc2ncoc21. The van der Waals surface area contributed by atoms with Crippen molar-refractivity contribution in [1.29, 1.82) is 0 Å². The summed E-state index contributed by atoms with van der Waals surface area (Å²) in [5, 5.41) is 3.04. The molecule has 0 bridgehead atoms. The minimum absolute atomic E-state index is 0.132. The molecule has 0 radical (unpaired) electrons.